The number of rotatable bonds is 4. The summed E-state index contributed by atoms with van der Waals surface area (Å²) < 4.78 is 8.71. The van der Waals surface area contributed by atoms with Crippen LogP contribution < -0.4 is 0 Å². The van der Waals surface area contributed by atoms with E-state index in [1.165, 1.54) is 0 Å². The quantitative estimate of drug-likeness (QED) is 0.224. The van der Waals surface area contributed by atoms with Gasteiger partial charge >= 0.3 is 11.9 Å². The smallest absolute Gasteiger partial charge is 0.377 e. The van der Waals surface area contributed by atoms with Gasteiger partial charge in [-0.1, -0.05) is 0 Å². The van der Waals surface area contributed by atoms with E-state index in [-0.39, 0.29) is 0 Å². The predicted octanol–water partition coefficient (Wildman–Crippen LogP) is -4.42. The van der Waals surface area contributed by atoms with Crippen molar-refractivity contribution < 1.29 is 59.9 Å². The Labute approximate surface area is 134 Å². The summed E-state index contributed by atoms with van der Waals surface area (Å²) in [6.45, 7) is -1.31. The van der Waals surface area contributed by atoms with E-state index in [1.807, 2.05) is 0 Å². The highest BCUT2D eigenvalue weighted by molar-refractivity contribution is 5.89. The lowest BCUT2D eigenvalue weighted by Crippen LogP contribution is -2.40. The lowest BCUT2D eigenvalue weighted by molar-refractivity contribution is -0.151. The predicted molar refractivity (Wildman–Crippen MR) is 70.2 cm³/mol. The van der Waals surface area contributed by atoms with E-state index in [0.717, 1.165) is 0 Å². The molecule has 0 unspecified atom stereocenters. The molecule has 8 N–H and O–H groups in total. The molecule has 0 spiro atoms. The summed E-state index contributed by atoms with van der Waals surface area (Å²) in [7, 11) is 0. The Hall–Kier alpha value is -1.96. The Morgan fingerprint density at radius 2 is 1.50 bits per heavy atom. The zero-order chi connectivity index (χ0) is 18.6. The molecule has 0 aromatic carbocycles. The van der Waals surface area contributed by atoms with E-state index in [4.69, 9.17) is 40.9 Å². The first kappa shape index (κ1) is 20.1. The van der Waals surface area contributed by atoms with Crippen LogP contribution in [0, 0.1) is 0 Å². The molecule has 2 aliphatic rings. The van der Waals surface area contributed by atoms with E-state index >= 15 is 0 Å². The number of carbonyl (C=O) groups excluding carboxylic acids is 2. The van der Waals surface area contributed by atoms with Gasteiger partial charge in [-0.05, 0) is 0 Å². The van der Waals surface area contributed by atoms with Crippen LogP contribution in [0.25, 0.3) is 0 Å². The van der Waals surface area contributed by atoms with Crippen LogP contribution in [0.15, 0.2) is 11.5 Å². The summed E-state index contributed by atoms with van der Waals surface area (Å²) in [6, 6.07) is 0. The van der Waals surface area contributed by atoms with E-state index in [2.05, 4.69) is 9.47 Å². The maximum Gasteiger partial charge on any atom is 0.377 e. The highest BCUT2D eigenvalue weighted by atomic mass is 16.6. The maximum atomic E-state index is 10.6. The topological polar surface area (TPSA) is 214 Å². The molecule has 0 aromatic rings. The average molecular weight is 354 g/mol. The summed E-state index contributed by atoms with van der Waals surface area (Å²) in [6.07, 6.45) is -8.48. The molecule has 12 heteroatoms. The number of cyclic esters (lactones) is 2. The Balaban J connectivity index is 0.000000240. The zero-order valence-corrected chi connectivity index (χ0v) is 12.1. The van der Waals surface area contributed by atoms with Crippen molar-refractivity contribution >= 4 is 11.9 Å². The molecule has 2 rings (SSSR count). The van der Waals surface area contributed by atoms with E-state index in [0.29, 0.717) is 0 Å². The van der Waals surface area contributed by atoms with Crippen LogP contribution in [0.1, 0.15) is 0 Å². The van der Waals surface area contributed by atoms with Gasteiger partial charge in [-0.2, -0.15) is 0 Å². The first-order valence-electron chi connectivity index (χ1n) is 6.63. The molecule has 138 valence electrons. The monoisotopic (exact) mass is 354 g/mol. The minimum atomic E-state index is -1.63. The number of hydrogen-bond donors (Lipinski definition) is 8. The molecule has 0 aliphatic carbocycles. The second-order valence-corrected chi connectivity index (χ2v) is 4.90. The Bertz CT molecular complexity index is 502. The Morgan fingerprint density at radius 1 is 0.958 bits per heavy atom. The first-order chi connectivity index (χ1) is 11.1. The number of ether oxygens (including phenoxy) is 2. The largest absolute Gasteiger partial charge is 0.505 e. The minimum absolute atomic E-state index is 0.637. The second kappa shape index (κ2) is 8.23. The van der Waals surface area contributed by atoms with Crippen molar-refractivity contribution in [3.63, 3.8) is 0 Å². The van der Waals surface area contributed by atoms with Gasteiger partial charge in [-0.15, -0.1) is 0 Å². The van der Waals surface area contributed by atoms with Crippen LogP contribution in [0.3, 0.4) is 0 Å². The molecule has 0 aromatic heterocycles. The third kappa shape index (κ3) is 4.11. The van der Waals surface area contributed by atoms with Crippen molar-refractivity contribution in [3.05, 3.63) is 11.5 Å². The molecule has 24 heavy (non-hydrogen) atoms. The van der Waals surface area contributed by atoms with Gasteiger partial charge in [0.15, 0.2) is 24.1 Å². The van der Waals surface area contributed by atoms with E-state index in [1.54, 1.807) is 0 Å². The van der Waals surface area contributed by atoms with E-state index < -0.39 is 73.3 Å². The SMILES string of the molecule is O=C1O[C@H]([C@@H](O)CO)C(O)=C1O.O=C1O[C@H]([C@@H](O)CO)[C@H](O)[C@@H]1O. The summed E-state index contributed by atoms with van der Waals surface area (Å²) >= 11 is 0. The van der Waals surface area contributed by atoms with Crippen molar-refractivity contribution in [2.45, 2.75) is 36.6 Å². The van der Waals surface area contributed by atoms with Gasteiger partial charge in [-0.25, -0.2) is 9.59 Å². The van der Waals surface area contributed by atoms with Crippen molar-refractivity contribution in [2.75, 3.05) is 13.2 Å². The van der Waals surface area contributed by atoms with Crippen molar-refractivity contribution in [1.29, 1.82) is 0 Å². The summed E-state index contributed by atoms with van der Waals surface area (Å²) in [5.41, 5.74) is 0. The van der Waals surface area contributed by atoms with Crippen molar-refractivity contribution in [3.8, 4) is 0 Å². The molecule has 2 heterocycles. The molecule has 1 fully saturated rings. The third-order valence-corrected chi connectivity index (χ3v) is 3.20. The van der Waals surface area contributed by atoms with Crippen LogP contribution in [-0.2, 0) is 19.1 Å². The third-order valence-electron chi connectivity index (χ3n) is 3.20. The molecule has 0 saturated carbocycles. The summed E-state index contributed by atoms with van der Waals surface area (Å²) in [5.74, 6) is -3.76. The molecule has 12 nitrogen and oxygen atoms in total. The van der Waals surface area contributed by atoms with E-state index in [9.17, 15) is 9.59 Å². The zero-order valence-electron chi connectivity index (χ0n) is 12.1. The first-order valence-corrected chi connectivity index (χ1v) is 6.63. The van der Waals surface area contributed by atoms with Crippen LogP contribution in [0.2, 0.25) is 0 Å². The van der Waals surface area contributed by atoms with Crippen molar-refractivity contribution in [1.82, 2.24) is 0 Å². The van der Waals surface area contributed by atoms with Gasteiger partial charge < -0.3 is 50.3 Å². The number of aliphatic hydroxyl groups is 8. The molecule has 0 bridgehead atoms. The fourth-order valence-corrected chi connectivity index (χ4v) is 1.83. The molecule has 1 saturated heterocycles. The molecular weight excluding hydrogens is 336 g/mol. The highest BCUT2D eigenvalue weighted by Gasteiger charge is 2.45. The van der Waals surface area contributed by atoms with Gasteiger partial charge in [0.05, 0.1) is 13.2 Å². The van der Waals surface area contributed by atoms with Crippen molar-refractivity contribution in [2.24, 2.45) is 0 Å². The summed E-state index contributed by atoms with van der Waals surface area (Å²) in [4.78, 5) is 21.1. The van der Waals surface area contributed by atoms with Crippen LogP contribution >= 0.6 is 0 Å². The number of carbonyl (C=O) groups is 2. The Morgan fingerprint density at radius 3 is 1.83 bits per heavy atom. The molecule has 2 aliphatic heterocycles. The van der Waals surface area contributed by atoms with Crippen LogP contribution in [0.5, 0.6) is 0 Å². The average Bonchev–Trinajstić information content (AvgIpc) is 2.98. The fourth-order valence-electron chi connectivity index (χ4n) is 1.83. The fraction of sp³-hybridized carbons (Fsp3) is 0.667. The van der Waals surface area contributed by atoms with Gasteiger partial charge in [-0.3, -0.25) is 0 Å². The standard InChI is InChI=1S/C6H10O6.C6H8O6/c2*7-1-2(8)5-3(9)4(10)6(11)12-5/h2-5,7-10H,1H2;2,5,7-10H,1H2/t2-,3+,4-,5+;2-,5+/m00/s1. The van der Waals surface area contributed by atoms with Crippen LogP contribution in [-0.4, -0.2) is 103 Å². The minimum Gasteiger partial charge on any atom is -0.505 e. The molecule has 0 radical (unpaired) electrons. The lowest BCUT2D eigenvalue weighted by Gasteiger charge is -2.17. The lowest BCUT2D eigenvalue weighted by atomic mass is 10.1. The normalized spacial score (nSPS) is 31.9. The number of esters is 2. The molecular formula is C12H18O12. The van der Waals surface area contributed by atoms with Gasteiger partial charge in [0, 0.05) is 0 Å². The second-order valence-electron chi connectivity index (χ2n) is 4.90. The number of aliphatic hydroxyl groups excluding tert-OH is 8. The maximum absolute atomic E-state index is 10.6. The van der Waals surface area contributed by atoms with Gasteiger partial charge in [0.2, 0.25) is 5.76 Å². The number of hydrogen-bond acceptors (Lipinski definition) is 12. The highest BCUT2D eigenvalue weighted by Crippen LogP contribution is 2.21. The molecule has 6 atom stereocenters. The van der Waals surface area contributed by atoms with Gasteiger partial charge in [0.1, 0.15) is 18.3 Å². The van der Waals surface area contributed by atoms with Crippen LogP contribution in [0.4, 0.5) is 0 Å². The molecule has 0 amide bonds. The van der Waals surface area contributed by atoms with Gasteiger partial charge in [0.25, 0.3) is 0 Å². The summed E-state index contributed by atoms with van der Waals surface area (Å²) in [5, 5.41) is 70.4. The Kier molecular flexibility index (Phi) is 6.89.